The number of halogens is 1. The molecule has 1 aromatic rings. The van der Waals surface area contributed by atoms with Crippen molar-refractivity contribution in [3.8, 4) is 0 Å². The third-order valence-electron chi connectivity index (χ3n) is 3.39. The average Bonchev–Trinajstić information content (AvgIpc) is 2.51. The zero-order valence-corrected chi connectivity index (χ0v) is 14.8. The maximum Gasteiger partial charge on any atom is 0.331 e. The fraction of sp³-hybridized carbons (Fsp3) is 0.412. The largest absolute Gasteiger partial charge is 0.452 e. The summed E-state index contributed by atoms with van der Waals surface area (Å²) in [6, 6.07) is 7.51. The standard InChI is InChI=1S/C17H20BrNO4/c1-12-9-19(10-13(2)23-12)16(20)11-22-17(21)8-5-14-3-6-15(18)7-4-14/h3-8,12-13H,9-11H2,1-2H3/b8-5+/t12-,13-/m1/s1. The van der Waals surface area contributed by atoms with Crippen LogP contribution in [0.15, 0.2) is 34.8 Å². The van der Waals surface area contributed by atoms with E-state index >= 15 is 0 Å². The minimum Gasteiger partial charge on any atom is -0.452 e. The van der Waals surface area contributed by atoms with Gasteiger partial charge in [-0.15, -0.1) is 0 Å². The van der Waals surface area contributed by atoms with Gasteiger partial charge in [-0.2, -0.15) is 0 Å². The van der Waals surface area contributed by atoms with Gasteiger partial charge in [0.25, 0.3) is 5.91 Å². The molecule has 1 aliphatic heterocycles. The van der Waals surface area contributed by atoms with Crippen LogP contribution in [0, 0.1) is 0 Å². The highest BCUT2D eigenvalue weighted by molar-refractivity contribution is 9.10. The van der Waals surface area contributed by atoms with Crippen LogP contribution in [0.25, 0.3) is 6.08 Å². The molecule has 0 unspecified atom stereocenters. The molecular formula is C17H20BrNO4. The van der Waals surface area contributed by atoms with Crippen molar-refractivity contribution < 1.29 is 19.1 Å². The van der Waals surface area contributed by atoms with Gasteiger partial charge in [0.1, 0.15) is 0 Å². The second kappa shape index (κ2) is 8.26. The van der Waals surface area contributed by atoms with Crippen molar-refractivity contribution in [2.45, 2.75) is 26.1 Å². The van der Waals surface area contributed by atoms with E-state index in [1.807, 2.05) is 38.1 Å². The number of morpholine rings is 1. The molecule has 23 heavy (non-hydrogen) atoms. The SMILES string of the molecule is C[C@@H]1CN(C(=O)COC(=O)/C=C/c2ccc(Br)cc2)C[C@@H](C)O1. The van der Waals surface area contributed by atoms with E-state index in [0.717, 1.165) is 10.0 Å². The molecule has 1 aromatic carbocycles. The molecular weight excluding hydrogens is 362 g/mol. The Balaban J connectivity index is 1.79. The van der Waals surface area contributed by atoms with Crippen LogP contribution in [-0.2, 0) is 19.1 Å². The van der Waals surface area contributed by atoms with E-state index < -0.39 is 5.97 Å². The van der Waals surface area contributed by atoms with E-state index in [0.29, 0.717) is 13.1 Å². The first-order valence-corrected chi connectivity index (χ1v) is 8.27. The predicted octanol–water partition coefficient (Wildman–Crippen LogP) is 2.64. The summed E-state index contributed by atoms with van der Waals surface area (Å²) >= 11 is 3.35. The first-order chi connectivity index (χ1) is 10.9. The lowest BCUT2D eigenvalue weighted by Crippen LogP contribution is -2.49. The van der Waals surface area contributed by atoms with Crippen LogP contribution in [-0.4, -0.2) is 48.7 Å². The molecule has 6 heteroatoms. The minimum absolute atomic E-state index is 0.00398. The smallest absolute Gasteiger partial charge is 0.331 e. The summed E-state index contributed by atoms with van der Waals surface area (Å²) in [5.74, 6) is -0.729. The monoisotopic (exact) mass is 381 g/mol. The Morgan fingerprint density at radius 2 is 1.87 bits per heavy atom. The van der Waals surface area contributed by atoms with Crippen LogP contribution in [0.4, 0.5) is 0 Å². The van der Waals surface area contributed by atoms with Crippen molar-refractivity contribution in [3.63, 3.8) is 0 Å². The Bertz CT molecular complexity index is 575. The highest BCUT2D eigenvalue weighted by atomic mass is 79.9. The van der Waals surface area contributed by atoms with Crippen molar-refractivity contribution in [2.75, 3.05) is 19.7 Å². The molecule has 0 bridgehead atoms. The van der Waals surface area contributed by atoms with Crippen molar-refractivity contribution in [2.24, 2.45) is 0 Å². The molecule has 0 aliphatic carbocycles. The number of rotatable bonds is 4. The highest BCUT2D eigenvalue weighted by Crippen LogP contribution is 2.12. The molecule has 1 aliphatic rings. The maximum absolute atomic E-state index is 12.1. The van der Waals surface area contributed by atoms with Gasteiger partial charge in [0.2, 0.25) is 0 Å². The molecule has 0 aromatic heterocycles. The number of benzene rings is 1. The normalized spacial score (nSPS) is 21.4. The first kappa shape index (κ1) is 17.7. The lowest BCUT2D eigenvalue weighted by Gasteiger charge is -2.35. The van der Waals surface area contributed by atoms with Gasteiger partial charge in [-0.3, -0.25) is 4.79 Å². The lowest BCUT2D eigenvalue weighted by molar-refractivity contribution is -0.154. The molecule has 124 valence electrons. The van der Waals surface area contributed by atoms with Gasteiger partial charge in [0.15, 0.2) is 6.61 Å². The van der Waals surface area contributed by atoms with Gasteiger partial charge in [-0.1, -0.05) is 28.1 Å². The van der Waals surface area contributed by atoms with Gasteiger partial charge in [-0.05, 0) is 37.6 Å². The molecule has 1 amide bonds. The number of hydrogen-bond donors (Lipinski definition) is 0. The third kappa shape index (κ3) is 5.80. The summed E-state index contributed by atoms with van der Waals surface area (Å²) in [5, 5.41) is 0. The number of amides is 1. The van der Waals surface area contributed by atoms with Crippen LogP contribution in [0.1, 0.15) is 19.4 Å². The van der Waals surface area contributed by atoms with Gasteiger partial charge in [-0.25, -0.2) is 4.79 Å². The first-order valence-electron chi connectivity index (χ1n) is 7.47. The van der Waals surface area contributed by atoms with Crippen molar-refractivity contribution in [1.29, 1.82) is 0 Å². The van der Waals surface area contributed by atoms with E-state index in [2.05, 4.69) is 15.9 Å². The number of nitrogens with zero attached hydrogens (tertiary/aromatic N) is 1. The number of esters is 1. The second-order valence-corrected chi connectivity index (χ2v) is 6.46. The van der Waals surface area contributed by atoms with E-state index in [1.54, 1.807) is 11.0 Å². The van der Waals surface area contributed by atoms with Crippen molar-refractivity contribution in [1.82, 2.24) is 4.90 Å². The van der Waals surface area contributed by atoms with Gasteiger partial charge in [0.05, 0.1) is 12.2 Å². The van der Waals surface area contributed by atoms with E-state index in [-0.39, 0.29) is 24.7 Å². The Labute approximate surface area is 144 Å². The van der Waals surface area contributed by atoms with E-state index in [4.69, 9.17) is 9.47 Å². The predicted molar refractivity (Wildman–Crippen MR) is 90.7 cm³/mol. The van der Waals surface area contributed by atoms with Crippen LogP contribution >= 0.6 is 15.9 Å². The number of ether oxygens (including phenoxy) is 2. The van der Waals surface area contributed by atoms with Crippen molar-refractivity contribution in [3.05, 3.63) is 40.4 Å². The highest BCUT2D eigenvalue weighted by Gasteiger charge is 2.26. The molecule has 0 saturated carbocycles. The summed E-state index contributed by atoms with van der Waals surface area (Å²) in [6.45, 7) is 4.64. The quantitative estimate of drug-likeness (QED) is 0.594. The molecule has 0 radical (unpaired) electrons. The van der Waals surface area contributed by atoms with Crippen LogP contribution in [0.5, 0.6) is 0 Å². The molecule has 5 nitrogen and oxygen atoms in total. The Hall–Kier alpha value is -1.66. The van der Waals surface area contributed by atoms with E-state index in [1.165, 1.54) is 6.08 Å². The summed E-state index contributed by atoms with van der Waals surface area (Å²) in [4.78, 5) is 25.4. The summed E-state index contributed by atoms with van der Waals surface area (Å²) in [6.07, 6.45) is 2.96. The van der Waals surface area contributed by atoms with Crippen LogP contribution in [0.3, 0.4) is 0 Å². The molecule has 2 rings (SSSR count). The number of carbonyl (C=O) groups is 2. The van der Waals surface area contributed by atoms with Gasteiger partial charge < -0.3 is 14.4 Å². The molecule has 1 heterocycles. The Morgan fingerprint density at radius 3 is 2.48 bits per heavy atom. The fourth-order valence-corrected chi connectivity index (χ4v) is 2.66. The molecule has 0 N–H and O–H groups in total. The van der Waals surface area contributed by atoms with Gasteiger partial charge in [0, 0.05) is 23.6 Å². The summed E-state index contributed by atoms with van der Waals surface area (Å²) in [5.41, 5.74) is 0.882. The molecule has 0 spiro atoms. The van der Waals surface area contributed by atoms with Gasteiger partial charge >= 0.3 is 5.97 Å². The Morgan fingerprint density at radius 1 is 1.26 bits per heavy atom. The third-order valence-corrected chi connectivity index (χ3v) is 3.92. The number of hydrogen-bond acceptors (Lipinski definition) is 4. The molecule has 1 saturated heterocycles. The summed E-state index contributed by atoms with van der Waals surface area (Å²) < 4.78 is 11.5. The lowest BCUT2D eigenvalue weighted by atomic mass is 10.2. The molecule has 2 atom stereocenters. The summed E-state index contributed by atoms with van der Waals surface area (Å²) in [7, 11) is 0. The van der Waals surface area contributed by atoms with Crippen LogP contribution < -0.4 is 0 Å². The fourth-order valence-electron chi connectivity index (χ4n) is 2.39. The average molecular weight is 382 g/mol. The van der Waals surface area contributed by atoms with Crippen molar-refractivity contribution >= 4 is 33.9 Å². The minimum atomic E-state index is -0.532. The second-order valence-electron chi connectivity index (χ2n) is 5.55. The zero-order valence-electron chi connectivity index (χ0n) is 13.2. The van der Waals surface area contributed by atoms with Crippen LogP contribution in [0.2, 0.25) is 0 Å². The maximum atomic E-state index is 12.1. The zero-order chi connectivity index (χ0) is 16.8. The molecule has 1 fully saturated rings. The Kier molecular flexibility index (Phi) is 6.36. The topological polar surface area (TPSA) is 55.8 Å². The van der Waals surface area contributed by atoms with E-state index in [9.17, 15) is 9.59 Å². The number of carbonyl (C=O) groups excluding carboxylic acids is 2.